The quantitative estimate of drug-likeness (QED) is 0.749. The standard InChI is InChI=1S/C11H16N2O4S/c1-16-5-3-7(12)10(14)13-8-4-6-18-9(8)11(15)17-2/h4,6-7H,3,5,12H2,1-2H3,(H,13,14). The molecule has 18 heavy (non-hydrogen) atoms. The summed E-state index contributed by atoms with van der Waals surface area (Å²) in [6.07, 6.45) is 0.417. The number of esters is 1. The Bertz CT molecular complexity index is 419. The molecule has 0 fully saturated rings. The van der Waals surface area contributed by atoms with Gasteiger partial charge in [-0.15, -0.1) is 11.3 Å². The second-order valence-electron chi connectivity index (χ2n) is 3.53. The van der Waals surface area contributed by atoms with Crippen molar-refractivity contribution in [3.05, 3.63) is 16.3 Å². The van der Waals surface area contributed by atoms with Crippen LogP contribution in [0, 0.1) is 0 Å². The molecule has 1 aromatic rings. The third-order valence-corrected chi connectivity index (χ3v) is 3.16. The molecule has 3 N–H and O–H groups in total. The fourth-order valence-electron chi connectivity index (χ4n) is 1.26. The lowest BCUT2D eigenvalue weighted by molar-refractivity contribution is -0.117. The van der Waals surface area contributed by atoms with Crippen LogP contribution >= 0.6 is 11.3 Å². The zero-order chi connectivity index (χ0) is 13.5. The van der Waals surface area contributed by atoms with E-state index in [1.54, 1.807) is 18.6 Å². The van der Waals surface area contributed by atoms with E-state index in [0.29, 0.717) is 23.6 Å². The lowest BCUT2D eigenvalue weighted by atomic mass is 10.2. The number of rotatable bonds is 6. The summed E-state index contributed by atoms with van der Waals surface area (Å²) in [4.78, 5) is 23.5. The fraction of sp³-hybridized carbons (Fsp3) is 0.455. The van der Waals surface area contributed by atoms with Crippen LogP contribution in [0.3, 0.4) is 0 Å². The summed E-state index contributed by atoms with van der Waals surface area (Å²) in [5, 5.41) is 4.30. The first-order chi connectivity index (χ1) is 8.60. The summed E-state index contributed by atoms with van der Waals surface area (Å²) < 4.78 is 9.46. The van der Waals surface area contributed by atoms with Gasteiger partial charge in [-0.25, -0.2) is 4.79 Å². The van der Waals surface area contributed by atoms with Gasteiger partial charge in [-0.05, 0) is 17.9 Å². The van der Waals surface area contributed by atoms with Crippen molar-refractivity contribution in [3.8, 4) is 0 Å². The van der Waals surface area contributed by atoms with Crippen LogP contribution in [0.15, 0.2) is 11.4 Å². The minimum atomic E-state index is -0.671. The molecule has 0 saturated heterocycles. The molecule has 0 saturated carbocycles. The first-order valence-corrected chi connectivity index (χ1v) is 6.19. The number of amides is 1. The molecule has 0 bridgehead atoms. The highest BCUT2D eigenvalue weighted by Gasteiger charge is 2.18. The van der Waals surface area contributed by atoms with Gasteiger partial charge in [0.15, 0.2) is 0 Å². The minimum absolute atomic E-state index is 0.351. The maximum absolute atomic E-state index is 11.7. The van der Waals surface area contributed by atoms with E-state index in [1.165, 1.54) is 18.4 Å². The highest BCUT2D eigenvalue weighted by Crippen LogP contribution is 2.23. The topological polar surface area (TPSA) is 90.6 Å². The number of hydrogen-bond donors (Lipinski definition) is 2. The third-order valence-electron chi connectivity index (χ3n) is 2.26. The molecular formula is C11H16N2O4S. The number of carbonyl (C=O) groups excluding carboxylic acids is 2. The molecule has 0 aromatic carbocycles. The van der Waals surface area contributed by atoms with Gasteiger partial charge < -0.3 is 20.5 Å². The summed E-state index contributed by atoms with van der Waals surface area (Å²) in [6.45, 7) is 0.405. The van der Waals surface area contributed by atoms with Crippen LogP contribution in [0.2, 0.25) is 0 Å². The lowest BCUT2D eigenvalue weighted by Crippen LogP contribution is -2.36. The molecule has 1 rings (SSSR count). The molecule has 0 aliphatic heterocycles. The van der Waals surface area contributed by atoms with Crippen LogP contribution in [0.1, 0.15) is 16.1 Å². The maximum atomic E-state index is 11.7. The van der Waals surface area contributed by atoms with Crippen LogP contribution < -0.4 is 11.1 Å². The van der Waals surface area contributed by atoms with Crippen LogP contribution in [0.4, 0.5) is 5.69 Å². The first-order valence-electron chi connectivity index (χ1n) is 5.31. The molecule has 0 radical (unpaired) electrons. The van der Waals surface area contributed by atoms with Crippen molar-refractivity contribution in [2.45, 2.75) is 12.5 Å². The predicted octanol–water partition coefficient (Wildman–Crippen LogP) is 0.837. The lowest BCUT2D eigenvalue weighted by Gasteiger charge is -2.11. The van der Waals surface area contributed by atoms with E-state index >= 15 is 0 Å². The van der Waals surface area contributed by atoms with Crippen molar-refractivity contribution >= 4 is 28.9 Å². The molecule has 7 heteroatoms. The molecule has 0 aliphatic rings. The van der Waals surface area contributed by atoms with E-state index in [0.717, 1.165) is 0 Å². The van der Waals surface area contributed by atoms with E-state index < -0.39 is 12.0 Å². The van der Waals surface area contributed by atoms with Crippen LogP contribution in [-0.4, -0.2) is 38.7 Å². The summed E-state index contributed by atoms with van der Waals surface area (Å²) >= 11 is 1.20. The number of nitrogens with one attached hydrogen (secondary N) is 1. The van der Waals surface area contributed by atoms with Gasteiger partial charge in [0.25, 0.3) is 0 Å². The Morgan fingerprint density at radius 3 is 2.83 bits per heavy atom. The van der Waals surface area contributed by atoms with E-state index in [2.05, 4.69) is 10.1 Å². The SMILES string of the molecule is COCCC(N)C(=O)Nc1ccsc1C(=O)OC. The number of ether oxygens (including phenoxy) is 2. The van der Waals surface area contributed by atoms with Gasteiger partial charge in [-0.1, -0.05) is 0 Å². The molecule has 0 aliphatic carbocycles. The number of anilines is 1. The van der Waals surface area contributed by atoms with Gasteiger partial charge >= 0.3 is 5.97 Å². The normalized spacial score (nSPS) is 11.9. The number of carbonyl (C=O) groups is 2. The van der Waals surface area contributed by atoms with Crippen molar-refractivity contribution in [2.75, 3.05) is 26.1 Å². The summed E-state index contributed by atoms with van der Waals surface area (Å²) in [5.74, 6) is -0.832. The molecule has 100 valence electrons. The molecule has 1 amide bonds. The minimum Gasteiger partial charge on any atom is -0.465 e. The Morgan fingerprint density at radius 2 is 2.22 bits per heavy atom. The molecular weight excluding hydrogens is 256 g/mol. The van der Waals surface area contributed by atoms with Crippen LogP contribution in [0.5, 0.6) is 0 Å². The smallest absolute Gasteiger partial charge is 0.350 e. The predicted molar refractivity (Wildman–Crippen MR) is 68.8 cm³/mol. The Morgan fingerprint density at radius 1 is 1.50 bits per heavy atom. The number of nitrogens with two attached hydrogens (primary N) is 1. The van der Waals surface area contributed by atoms with Crippen LogP contribution in [-0.2, 0) is 14.3 Å². The first kappa shape index (κ1) is 14.6. The molecule has 0 spiro atoms. The zero-order valence-corrected chi connectivity index (χ0v) is 11.1. The summed E-state index contributed by atoms with van der Waals surface area (Å²) in [5.41, 5.74) is 6.09. The average Bonchev–Trinajstić information content (AvgIpc) is 2.82. The fourth-order valence-corrected chi connectivity index (χ4v) is 2.03. The third kappa shape index (κ3) is 3.80. The van der Waals surface area contributed by atoms with E-state index in [-0.39, 0.29) is 5.91 Å². The highest BCUT2D eigenvalue weighted by atomic mass is 32.1. The largest absolute Gasteiger partial charge is 0.465 e. The van der Waals surface area contributed by atoms with Gasteiger partial charge in [-0.2, -0.15) is 0 Å². The second-order valence-corrected chi connectivity index (χ2v) is 4.45. The van der Waals surface area contributed by atoms with E-state index in [4.69, 9.17) is 10.5 Å². The van der Waals surface area contributed by atoms with Gasteiger partial charge in [0.05, 0.1) is 18.8 Å². The van der Waals surface area contributed by atoms with Crippen LogP contribution in [0.25, 0.3) is 0 Å². The molecule has 1 atom stereocenters. The van der Waals surface area contributed by atoms with Gasteiger partial charge in [0.1, 0.15) is 4.88 Å². The molecule has 1 heterocycles. The van der Waals surface area contributed by atoms with E-state index in [1.807, 2.05) is 0 Å². The summed E-state index contributed by atoms with van der Waals surface area (Å²) in [7, 11) is 2.83. The number of hydrogen-bond acceptors (Lipinski definition) is 6. The Hall–Kier alpha value is -1.44. The van der Waals surface area contributed by atoms with Crippen molar-refractivity contribution in [1.29, 1.82) is 0 Å². The molecule has 1 unspecified atom stereocenters. The van der Waals surface area contributed by atoms with E-state index in [9.17, 15) is 9.59 Å². The maximum Gasteiger partial charge on any atom is 0.350 e. The zero-order valence-electron chi connectivity index (χ0n) is 10.3. The van der Waals surface area contributed by atoms with Crippen molar-refractivity contribution in [1.82, 2.24) is 0 Å². The van der Waals surface area contributed by atoms with Crippen molar-refractivity contribution < 1.29 is 19.1 Å². The monoisotopic (exact) mass is 272 g/mol. The highest BCUT2D eigenvalue weighted by molar-refractivity contribution is 7.12. The Kier molecular flexibility index (Phi) is 5.76. The molecule has 1 aromatic heterocycles. The summed E-state index contributed by atoms with van der Waals surface area (Å²) in [6, 6.07) is 0.966. The second kappa shape index (κ2) is 7.10. The Labute approximate surface area is 109 Å². The average molecular weight is 272 g/mol. The van der Waals surface area contributed by atoms with Gasteiger partial charge in [0.2, 0.25) is 5.91 Å². The number of methoxy groups -OCH3 is 2. The van der Waals surface area contributed by atoms with Crippen molar-refractivity contribution in [3.63, 3.8) is 0 Å². The Balaban J connectivity index is 2.64. The molecule has 6 nitrogen and oxygen atoms in total. The number of thiophene rings is 1. The van der Waals surface area contributed by atoms with Crippen molar-refractivity contribution in [2.24, 2.45) is 5.73 Å². The van der Waals surface area contributed by atoms with Gasteiger partial charge in [-0.3, -0.25) is 4.79 Å². The van der Waals surface area contributed by atoms with Gasteiger partial charge in [0, 0.05) is 13.7 Å².